The van der Waals surface area contributed by atoms with Gasteiger partial charge in [0.15, 0.2) is 12.4 Å². The molecule has 172 valence electrons. The van der Waals surface area contributed by atoms with E-state index in [1.165, 1.54) is 24.2 Å². The van der Waals surface area contributed by atoms with Crippen LogP contribution in [0.25, 0.3) is 10.9 Å². The molecular formula is C26H30ClN4O2+. The van der Waals surface area contributed by atoms with Crippen LogP contribution in [-0.2, 0) is 6.67 Å². The van der Waals surface area contributed by atoms with Gasteiger partial charge in [-0.25, -0.2) is 0 Å². The molecule has 1 saturated carbocycles. The molecule has 6 nitrogen and oxygen atoms in total. The van der Waals surface area contributed by atoms with Gasteiger partial charge in [0.25, 0.3) is 5.91 Å². The summed E-state index contributed by atoms with van der Waals surface area (Å²) in [6, 6.07) is 14.9. The van der Waals surface area contributed by atoms with Gasteiger partial charge in [0, 0.05) is 34.2 Å². The summed E-state index contributed by atoms with van der Waals surface area (Å²) < 4.78 is 1.93. The molecule has 1 amide bonds. The van der Waals surface area contributed by atoms with Gasteiger partial charge in [-0.2, -0.15) is 0 Å². The monoisotopic (exact) mass is 465 g/mol. The smallest absolute Gasteiger partial charge is 0.295 e. The van der Waals surface area contributed by atoms with Crippen molar-refractivity contribution in [3.63, 3.8) is 0 Å². The fourth-order valence-electron chi connectivity index (χ4n) is 6.41. The van der Waals surface area contributed by atoms with Crippen molar-refractivity contribution in [3.05, 3.63) is 59.1 Å². The second kappa shape index (κ2) is 7.96. The lowest BCUT2D eigenvalue weighted by molar-refractivity contribution is -0.936. The highest BCUT2D eigenvalue weighted by atomic mass is 35.5. The summed E-state index contributed by atoms with van der Waals surface area (Å²) >= 11 is 5.90. The summed E-state index contributed by atoms with van der Waals surface area (Å²) in [5, 5.41) is 20.6. The predicted octanol–water partition coefficient (Wildman–Crippen LogP) is 5.37. The van der Waals surface area contributed by atoms with Crippen molar-refractivity contribution < 1.29 is 14.8 Å². The lowest BCUT2D eigenvalue weighted by atomic mass is 9.65. The molecule has 0 spiro atoms. The number of aromatic hydroxyl groups is 1. The van der Waals surface area contributed by atoms with E-state index in [-0.39, 0.29) is 5.88 Å². The van der Waals surface area contributed by atoms with E-state index in [9.17, 15) is 9.90 Å². The van der Waals surface area contributed by atoms with E-state index in [2.05, 4.69) is 31.0 Å². The molecule has 1 unspecified atom stereocenters. The summed E-state index contributed by atoms with van der Waals surface area (Å²) in [4.78, 5) is 14.0. The number of aromatic nitrogens is 1. The molecule has 2 aromatic carbocycles. The molecule has 1 aromatic heterocycles. The van der Waals surface area contributed by atoms with E-state index in [0.29, 0.717) is 39.8 Å². The highest BCUT2D eigenvalue weighted by Crippen LogP contribution is 2.47. The highest BCUT2D eigenvalue weighted by molar-refractivity contribution is 6.30. The minimum atomic E-state index is -0.475. The van der Waals surface area contributed by atoms with E-state index in [0.717, 1.165) is 17.4 Å². The zero-order valence-electron chi connectivity index (χ0n) is 19.3. The molecule has 5 rings (SSSR count). The first kappa shape index (κ1) is 22.1. The van der Waals surface area contributed by atoms with Crippen molar-refractivity contribution in [1.82, 2.24) is 4.57 Å². The Hall–Kier alpha value is -2.70. The van der Waals surface area contributed by atoms with Crippen molar-refractivity contribution in [2.24, 2.45) is 21.1 Å². The van der Waals surface area contributed by atoms with Crippen LogP contribution in [0.15, 0.2) is 58.8 Å². The fourth-order valence-corrected chi connectivity index (χ4v) is 6.54. The van der Waals surface area contributed by atoms with Gasteiger partial charge in [0.2, 0.25) is 5.88 Å². The molecule has 2 heterocycles. The summed E-state index contributed by atoms with van der Waals surface area (Å²) in [5.41, 5.74) is 2.33. The first-order valence-electron chi connectivity index (χ1n) is 11.5. The number of quaternary nitrogens is 1. The van der Waals surface area contributed by atoms with Crippen molar-refractivity contribution in [2.45, 2.75) is 52.7 Å². The molecule has 7 heteroatoms. The number of rotatable bonds is 4. The van der Waals surface area contributed by atoms with Crippen molar-refractivity contribution in [2.75, 3.05) is 6.54 Å². The predicted molar refractivity (Wildman–Crippen MR) is 129 cm³/mol. The van der Waals surface area contributed by atoms with Crippen LogP contribution in [0.5, 0.6) is 5.88 Å². The van der Waals surface area contributed by atoms with Crippen LogP contribution in [0.2, 0.25) is 5.02 Å². The number of para-hydroxylation sites is 1. The lowest BCUT2D eigenvalue weighted by Crippen LogP contribution is -3.13. The summed E-state index contributed by atoms with van der Waals surface area (Å²) in [5.74, 6) is -0.417. The number of fused-ring (bicyclic) bond motifs is 3. The Labute approximate surface area is 198 Å². The minimum absolute atomic E-state index is 0.0576. The van der Waals surface area contributed by atoms with Crippen LogP contribution in [0.1, 0.15) is 50.4 Å². The number of carbonyl (C=O) groups excluding carboxylic acids is 1. The number of amides is 1. The highest BCUT2D eigenvalue weighted by Gasteiger charge is 2.52. The molecule has 3 atom stereocenters. The Balaban J connectivity index is 1.46. The average molecular weight is 466 g/mol. The Morgan fingerprint density at radius 1 is 1.15 bits per heavy atom. The fraction of sp³-hybridized carbons (Fsp3) is 0.423. The molecule has 2 aliphatic rings. The molecular weight excluding hydrogens is 436 g/mol. The third kappa shape index (κ3) is 4.18. The topological polar surface area (TPSA) is 71.4 Å². The molecule has 1 saturated heterocycles. The second-order valence-electron chi connectivity index (χ2n) is 10.9. The number of nitrogens with zero attached hydrogens (tertiary/aromatic N) is 3. The first-order valence-corrected chi connectivity index (χ1v) is 11.9. The number of likely N-dealkylation sites (tertiary alicyclic amines) is 1. The number of hydrogen-bond acceptors (Lipinski definition) is 3. The van der Waals surface area contributed by atoms with Gasteiger partial charge < -0.3 is 10.0 Å². The van der Waals surface area contributed by atoms with Crippen LogP contribution in [0.3, 0.4) is 0 Å². The standard InChI is InChI=1S/C26H29ClN4O2/c1-25(2)12-19-13-26(3,14-25)15-30(19)16-31-21-7-5-4-6-20(21)22(24(31)33)28-29-23(32)17-8-10-18(27)11-9-17/h4-11,19,33H,12-16H2,1-3H3/p+1/t19-,26-/m1/s1. The Kier molecular flexibility index (Phi) is 5.33. The molecule has 2 bridgehead atoms. The van der Waals surface area contributed by atoms with E-state index >= 15 is 0 Å². The molecule has 0 radical (unpaired) electrons. The lowest BCUT2D eigenvalue weighted by Gasteiger charge is -2.37. The Morgan fingerprint density at radius 2 is 1.88 bits per heavy atom. The summed E-state index contributed by atoms with van der Waals surface area (Å²) in [7, 11) is 0. The van der Waals surface area contributed by atoms with Crippen LogP contribution in [0.4, 0.5) is 5.69 Å². The van der Waals surface area contributed by atoms with Gasteiger partial charge in [0.1, 0.15) is 0 Å². The third-order valence-corrected chi connectivity index (χ3v) is 7.54. The summed E-state index contributed by atoms with van der Waals surface area (Å²) in [6.07, 6.45) is 3.67. The zero-order chi connectivity index (χ0) is 23.4. The van der Waals surface area contributed by atoms with Gasteiger partial charge >= 0.3 is 0 Å². The van der Waals surface area contributed by atoms with Crippen LogP contribution >= 0.6 is 11.6 Å². The third-order valence-electron chi connectivity index (χ3n) is 7.29. The van der Waals surface area contributed by atoms with Crippen LogP contribution in [0, 0.1) is 10.8 Å². The van der Waals surface area contributed by atoms with E-state index in [4.69, 9.17) is 11.6 Å². The normalized spacial score (nSPS) is 26.3. The van der Waals surface area contributed by atoms with Gasteiger partial charge in [-0.05, 0) is 42.2 Å². The van der Waals surface area contributed by atoms with E-state index < -0.39 is 5.91 Å². The molecule has 1 aliphatic heterocycles. The Bertz CT molecular complexity index is 1250. The quantitative estimate of drug-likeness (QED) is 0.509. The van der Waals surface area contributed by atoms with Crippen LogP contribution < -0.4 is 4.90 Å². The van der Waals surface area contributed by atoms with Crippen LogP contribution in [-0.4, -0.2) is 28.2 Å². The van der Waals surface area contributed by atoms with Gasteiger partial charge in [-0.15, -0.1) is 10.2 Å². The zero-order valence-corrected chi connectivity index (χ0v) is 20.1. The number of benzene rings is 2. The molecule has 1 aliphatic carbocycles. The summed E-state index contributed by atoms with van der Waals surface area (Å²) in [6.45, 7) is 8.92. The van der Waals surface area contributed by atoms with Gasteiger partial charge in [0.05, 0.1) is 18.1 Å². The number of azo groups is 1. The molecule has 33 heavy (non-hydrogen) atoms. The van der Waals surface area contributed by atoms with Gasteiger partial charge in [-0.1, -0.05) is 50.6 Å². The average Bonchev–Trinajstić information content (AvgIpc) is 3.15. The maximum Gasteiger partial charge on any atom is 0.295 e. The van der Waals surface area contributed by atoms with Crippen molar-refractivity contribution in [3.8, 4) is 5.88 Å². The second-order valence-corrected chi connectivity index (χ2v) is 11.3. The van der Waals surface area contributed by atoms with E-state index in [1.807, 2.05) is 28.8 Å². The number of halogens is 1. The maximum atomic E-state index is 12.5. The first-order chi connectivity index (χ1) is 15.6. The number of hydrogen-bond donors (Lipinski definition) is 2. The molecule has 2 N–H and O–H groups in total. The molecule has 3 aromatic rings. The largest absolute Gasteiger partial charge is 0.493 e. The number of nitrogens with one attached hydrogen (secondary N) is 1. The molecule has 2 fully saturated rings. The van der Waals surface area contributed by atoms with Crippen molar-refractivity contribution >= 4 is 34.1 Å². The van der Waals surface area contributed by atoms with Gasteiger partial charge in [-0.3, -0.25) is 9.36 Å². The minimum Gasteiger partial charge on any atom is -0.493 e. The maximum absolute atomic E-state index is 12.5. The Morgan fingerprint density at radius 3 is 2.64 bits per heavy atom. The SMILES string of the molecule is CC1(C)C[C@@H]2C[C@@](C)(C[NH+]2Cn2c(O)c(N=NC(=O)c3ccc(Cl)cc3)c3ccccc32)C1. The number of carbonyl (C=O) groups is 1. The van der Waals surface area contributed by atoms with E-state index in [1.54, 1.807) is 24.3 Å². The van der Waals surface area contributed by atoms with Crippen molar-refractivity contribution in [1.29, 1.82) is 0 Å².